The minimum atomic E-state index is 0.345. The summed E-state index contributed by atoms with van der Waals surface area (Å²) < 4.78 is 0. The summed E-state index contributed by atoms with van der Waals surface area (Å²) in [6.45, 7) is 7.08. The lowest BCUT2D eigenvalue weighted by Gasteiger charge is -2.41. The molecule has 2 rings (SSSR count). The van der Waals surface area contributed by atoms with Crippen LogP contribution in [0.3, 0.4) is 0 Å². The SMILES string of the molecule is CC1CCCC(C(CO)N2CCNCC2)C1. The maximum Gasteiger partial charge on any atom is 0.0589 e. The number of aliphatic hydroxyl groups is 1. The van der Waals surface area contributed by atoms with Crippen LogP contribution in [0.1, 0.15) is 32.6 Å². The molecule has 3 atom stereocenters. The Morgan fingerprint density at radius 1 is 1.31 bits per heavy atom. The lowest BCUT2D eigenvalue weighted by atomic mass is 9.78. The van der Waals surface area contributed by atoms with Crippen molar-refractivity contribution < 1.29 is 5.11 Å². The lowest BCUT2D eigenvalue weighted by molar-refractivity contribution is 0.0479. The minimum absolute atomic E-state index is 0.345. The standard InChI is InChI=1S/C13H26N2O/c1-11-3-2-4-12(9-11)13(10-16)15-7-5-14-6-8-15/h11-14,16H,2-10H2,1H3. The van der Waals surface area contributed by atoms with Crippen molar-refractivity contribution in [3.63, 3.8) is 0 Å². The summed E-state index contributed by atoms with van der Waals surface area (Å²) in [7, 11) is 0. The molecule has 3 unspecified atom stereocenters. The number of nitrogens with zero attached hydrogens (tertiary/aromatic N) is 1. The zero-order valence-corrected chi connectivity index (χ0v) is 10.5. The maximum atomic E-state index is 9.65. The Bertz CT molecular complexity index is 204. The fourth-order valence-corrected chi connectivity index (χ4v) is 3.41. The fraction of sp³-hybridized carbons (Fsp3) is 1.00. The van der Waals surface area contributed by atoms with Gasteiger partial charge in [0.05, 0.1) is 6.61 Å². The van der Waals surface area contributed by atoms with Gasteiger partial charge in [-0.1, -0.05) is 19.8 Å². The van der Waals surface area contributed by atoms with Crippen LogP contribution in [0.25, 0.3) is 0 Å². The molecule has 0 aromatic heterocycles. The van der Waals surface area contributed by atoms with Crippen molar-refractivity contribution in [3.8, 4) is 0 Å². The number of piperazine rings is 1. The van der Waals surface area contributed by atoms with Gasteiger partial charge in [-0.15, -0.1) is 0 Å². The molecule has 2 aliphatic rings. The van der Waals surface area contributed by atoms with Crippen LogP contribution in [0, 0.1) is 11.8 Å². The zero-order chi connectivity index (χ0) is 11.4. The van der Waals surface area contributed by atoms with E-state index >= 15 is 0 Å². The van der Waals surface area contributed by atoms with Gasteiger partial charge in [-0.3, -0.25) is 4.90 Å². The molecule has 1 aliphatic heterocycles. The molecule has 1 heterocycles. The lowest BCUT2D eigenvalue weighted by Crippen LogP contribution is -2.52. The molecule has 94 valence electrons. The van der Waals surface area contributed by atoms with E-state index in [1.165, 1.54) is 25.7 Å². The molecular weight excluding hydrogens is 200 g/mol. The van der Waals surface area contributed by atoms with E-state index in [-0.39, 0.29) is 0 Å². The summed E-state index contributed by atoms with van der Waals surface area (Å²) in [4.78, 5) is 2.50. The molecule has 1 aliphatic carbocycles. The van der Waals surface area contributed by atoms with Crippen LogP contribution < -0.4 is 5.32 Å². The molecule has 2 fully saturated rings. The molecule has 0 radical (unpaired) electrons. The van der Waals surface area contributed by atoms with E-state index in [0.717, 1.165) is 38.0 Å². The van der Waals surface area contributed by atoms with Crippen molar-refractivity contribution in [1.29, 1.82) is 0 Å². The first-order chi connectivity index (χ1) is 7.81. The van der Waals surface area contributed by atoms with Gasteiger partial charge in [0, 0.05) is 32.2 Å². The molecule has 16 heavy (non-hydrogen) atoms. The Labute approximate surface area is 99.2 Å². The van der Waals surface area contributed by atoms with Crippen LogP contribution in [0.4, 0.5) is 0 Å². The Kier molecular flexibility index (Phi) is 4.62. The maximum absolute atomic E-state index is 9.65. The molecular formula is C13H26N2O. The molecule has 0 amide bonds. The second-order valence-electron chi connectivity index (χ2n) is 5.57. The monoisotopic (exact) mass is 226 g/mol. The van der Waals surface area contributed by atoms with Gasteiger partial charge in [0.25, 0.3) is 0 Å². The molecule has 0 aromatic carbocycles. The molecule has 2 N–H and O–H groups in total. The largest absolute Gasteiger partial charge is 0.395 e. The van der Waals surface area contributed by atoms with Gasteiger partial charge >= 0.3 is 0 Å². The Hall–Kier alpha value is -0.120. The highest BCUT2D eigenvalue weighted by Gasteiger charge is 2.30. The average molecular weight is 226 g/mol. The van der Waals surface area contributed by atoms with Crippen molar-refractivity contribution in [1.82, 2.24) is 10.2 Å². The van der Waals surface area contributed by atoms with Crippen molar-refractivity contribution in [2.45, 2.75) is 38.6 Å². The van der Waals surface area contributed by atoms with E-state index in [1.807, 2.05) is 0 Å². The average Bonchev–Trinajstić information content (AvgIpc) is 2.31. The molecule has 3 heteroatoms. The second-order valence-corrected chi connectivity index (χ2v) is 5.57. The number of nitrogens with one attached hydrogen (secondary N) is 1. The summed E-state index contributed by atoms with van der Waals surface area (Å²) in [6.07, 6.45) is 5.37. The number of hydrogen-bond donors (Lipinski definition) is 2. The highest BCUT2D eigenvalue weighted by atomic mass is 16.3. The van der Waals surface area contributed by atoms with Gasteiger partial charge in [0.1, 0.15) is 0 Å². The summed E-state index contributed by atoms with van der Waals surface area (Å²) in [5.41, 5.74) is 0. The van der Waals surface area contributed by atoms with Crippen molar-refractivity contribution >= 4 is 0 Å². The van der Waals surface area contributed by atoms with E-state index < -0.39 is 0 Å². The van der Waals surface area contributed by atoms with Crippen LogP contribution in [0.5, 0.6) is 0 Å². The summed E-state index contributed by atoms with van der Waals surface area (Å²) in [5.74, 6) is 1.59. The summed E-state index contributed by atoms with van der Waals surface area (Å²) >= 11 is 0. The van der Waals surface area contributed by atoms with Gasteiger partial charge in [0.2, 0.25) is 0 Å². The first-order valence-corrected chi connectivity index (χ1v) is 6.87. The van der Waals surface area contributed by atoms with Crippen molar-refractivity contribution in [2.24, 2.45) is 11.8 Å². The predicted molar refractivity (Wildman–Crippen MR) is 66.4 cm³/mol. The first-order valence-electron chi connectivity index (χ1n) is 6.87. The van der Waals surface area contributed by atoms with Gasteiger partial charge in [0.15, 0.2) is 0 Å². The van der Waals surface area contributed by atoms with Crippen molar-refractivity contribution in [2.75, 3.05) is 32.8 Å². The molecule has 0 spiro atoms. The van der Waals surface area contributed by atoms with Gasteiger partial charge in [-0.25, -0.2) is 0 Å². The highest BCUT2D eigenvalue weighted by Crippen LogP contribution is 2.32. The fourth-order valence-electron chi connectivity index (χ4n) is 3.41. The van der Waals surface area contributed by atoms with Crippen LogP contribution >= 0.6 is 0 Å². The Balaban J connectivity index is 1.91. The number of hydrogen-bond acceptors (Lipinski definition) is 3. The third-order valence-electron chi connectivity index (χ3n) is 4.33. The predicted octanol–water partition coefficient (Wildman–Crippen LogP) is 1.08. The minimum Gasteiger partial charge on any atom is -0.395 e. The molecule has 3 nitrogen and oxygen atoms in total. The zero-order valence-electron chi connectivity index (χ0n) is 10.5. The van der Waals surface area contributed by atoms with E-state index in [9.17, 15) is 5.11 Å². The van der Waals surface area contributed by atoms with E-state index in [1.54, 1.807) is 0 Å². The highest BCUT2D eigenvalue weighted by molar-refractivity contribution is 4.85. The molecule has 0 aromatic rings. The quantitative estimate of drug-likeness (QED) is 0.756. The second kappa shape index (κ2) is 5.99. The first kappa shape index (κ1) is 12.3. The van der Waals surface area contributed by atoms with Gasteiger partial charge in [-0.2, -0.15) is 0 Å². The number of rotatable bonds is 3. The third kappa shape index (κ3) is 2.96. The normalized spacial score (nSPS) is 34.9. The smallest absolute Gasteiger partial charge is 0.0589 e. The Morgan fingerprint density at radius 3 is 2.69 bits per heavy atom. The summed E-state index contributed by atoms with van der Waals surface area (Å²) in [6, 6.07) is 0.421. The molecule has 1 saturated heterocycles. The van der Waals surface area contributed by atoms with Crippen LogP contribution in [0.2, 0.25) is 0 Å². The van der Waals surface area contributed by atoms with E-state index in [4.69, 9.17) is 0 Å². The van der Waals surface area contributed by atoms with Crippen LogP contribution in [-0.4, -0.2) is 48.8 Å². The summed E-state index contributed by atoms with van der Waals surface area (Å²) in [5, 5.41) is 13.0. The third-order valence-corrected chi connectivity index (χ3v) is 4.33. The van der Waals surface area contributed by atoms with Crippen LogP contribution in [0.15, 0.2) is 0 Å². The topological polar surface area (TPSA) is 35.5 Å². The van der Waals surface area contributed by atoms with E-state index in [2.05, 4.69) is 17.1 Å². The van der Waals surface area contributed by atoms with Gasteiger partial charge in [-0.05, 0) is 24.7 Å². The molecule has 1 saturated carbocycles. The van der Waals surface area contributed by atoms with Crippen molar-refractivity contribution in [3.05, 3.63) is 0 Å². The van der Waals surface area contributed by atoms with Crippen LogP contribution in [-0.2, 0) is 0 Å². The van der Waals surface area contributed by atoms with Gasteiger partial charge < -0.3 is 10.4 Å². The number of aliphatic hydroxyl groups excluding tert-OH is 1. The van der Waals surface area contributed by atoms with E-state index in [0.29, 0.717) is 12.6 Å². The Morgan fingerprint density at radius 2 is 2.06 bits per heavy atom. The molecule has 0 bridgehead atoms.